The SMILES string of the molecule is CCCC(N)c1cccc(-c2cc(N3CCOCC3)c3cnn(-c4cccc(CO)n4)c3c2)n1. The lowest BCUT2D eigenvalue weighted by molar-refractivity contribution is 0.123. The molecule has 0 saturated carbocycles. The number of rotatable bonds is 7. The molecule has 0 amide bonds. The lowest BCUT2D eigenvalue weighted by atomic mass is 10.0. The van der Waals surface area contributed by atoms with Gasteiger partial charge in [0.1, 0.15) is 0 Å². The van der Waals surface area contributed by atoms with Crippen LogP contribution in [0.15, 0.2) is 54.7 Å². The Morgan fingerprint density at radius 1 is 1.09 bits per heavy atom. The van der Waals surface area contributed by atoms with E-state index in [1.165, 1.54) is 0 Å². The summed E-state index contributed by atoms with van der Waals surface area (Å²) < 4.78 is 7.42. The minimum absolute atomic E-state index is 0.0802. The number of fused-ring (bicyclic) bond motifs is 1. The second kappa shape index (κ2) is 9.89. The van der Waals surface area contributed by atoms with E-state index in [4.69, 9.17) is 15.5 Å². The second-order valence-corrected chi connectivity index (χ2v) is 8.57. The standard InChI is InChI=1S/C26H30N6O2/c1-2-5-21(27)23-8-4-7-22(30-23)18-14-24(31-10-12-34-13-11-31)20-16-28-32(25(20)15-18)26-9-3-6-19(17-33)29-26/h3-4,6-9,14-16,21,33H,2,5,10-13,17,27H2,1H3. The zero-order valence-corrected chi connectivity index (χ0v) is 19.4. The van der Waals surface area contributed by atoms with Gasteiger partial charge in [0.2, 0.25) is 0 Å². The fourth-order valence-electron chi connectivity index (χ4n) is 4.46. The summed E-state index contributed by atoms with van der Waals surface area (Å²) in [5.74, 6) is 0.665. The fourth-order valence-corrected chi connectivity index (χ4v) is 4.46. The van der Waals surface area contributed by atoms with Gasteiger partial charge in [-0.3, -0.25) is 4.98 Å². The highest BCUT2D eigenvalue weighted by Crippen LogP contribution is 2.34. The van der Waals surface area contributed by atoms with Gasteiger partial charge in [0.25, 0.3) is 0 Å². The Balaban J connectivity index is 1.67. The molecule has 0 spiro atoms. The number of nitrogens with zero attached hydrogens (tertiary/aromatic N) is 5. The second-order valence-electron chi connectivity index (χ2n) is 8.57. The smallest absolute Gasteiger partial charge is 0.154 e. The van der Waals surface area contributed by atoms with Crippen molar-refractivity contribution in [1.82, 2.24) is 19.7 Å². The molecule has 0 radical (unpaired) electrons. The highest BCUT2D eigenvalue weighted by Gasteiger charge is 2.20. The molecule has 3 N–H and O–H groups in total. The van der Waals surface area contributed by atoms with Crippen molar-refractivity contribution in [1.29, 1.82) is 0 Å². The van der Waals surface area contributed by atoms with Crippen molar-refractivity contribution in [2.24, 2.45) is 5.73 Å². The topological polar surface area (TPSA) is 102 Å². The number of benzene rings is 1. The van der Waals surface area contributed by atoms with Gasteiger partial charge in [0.05, 0.1) is 48.6 Å². The highest BCUT2D eigenvalue weighted by molar-refractivity contribution is 5.96. The third-order valence-electron chi connectivity index (χ3n) is 6.24. The first-order chi connectivity index (χ1) is 16.7. The summed E-state index contributed by atoms with van der Waals surface area (Å²) in [4.78, 5) is 11.8. The van der Waals surface area contributed by atoms with Crippen LogP contribution in [0.4, 0.5) is 5.69 Å². The molecule has 1 aliphatic rings. The molecular weight excluding hydrogens is 428 g/mol. The molecular formula is C26H30N6O2. The molecule has 176 valence electrons. The van der Waals surface area contributed by atoms with E-state index in [2.05, 4.69) is 34.0 Å². The quantitative estimate of drug-likeness (QED) is 0.436. The van der Waals surface area contributed by atoms with Crippen LogP contribution in [-0.2, 0) is 11.3 Å². The third-order valence-corrected chi connectivity index (χ3v) is 6.24. The minimum Gasteiger partial charge on any atom is -0.390 e. The molecule has 1 atom stereocenters. The number of aliphatic hydroxyl groups excluding tert-OH is 1. The molecule has 1 aromatic carbocycles. The summed E-state index contributed by atoms with van der Waals surface area (Å²) in [6.07, 6.45) is 3.80. The maximum absolute atomic E-state index is 9.56. The number of nitrogens with two attached hydrogens (primary N) is 1. The molecule has 0 aliphatic carbocycles. The number of aromatic nitrogens is 4. The number of morpholine rings is 1. The van der Waals surface area contributed by atoms with Crippen LogP contribution in [0, 0.1) is 0 Å². The number of anilines is 1. The van der Waals surface area contributed by atoms with Crippen molar-refractivity contribution in [3.8, 4) is 17.1 Å². The predicted molar refractivity (Wildman–Crippen MR) is 133 cm³/mol. The summed E-state index contributed by atoms with van der Waals surface area (Å²) in [6.45, 7) is 5.03. The van der Waals surface area contributed by atoms with E-state index in [9.17, 15) is 5.11 Å². The lowest BCUT2D eigenvalue weighted by Crippen LogP contribution is -2.36. The number of hydrogen-bond acceptors (Lipinski definition) is 7. The molecule has 0 bridgehead atoms. The summed E-state index contributed by atoms with van der Waals surface area (Å²) >= 11 is 0. The zero-order valence-electron chi connectivity index (χ0n) is 19.4. The number of ether oxygens (including phenoxy) is 1. The van der Waals surface area contributed by atoms with Gasteiger partial charge in [0, 0.05) is 35.8 Å². The fraction of sp³-hybridized carbons (Fsp3) is 0.346. The van der Waals surface area contributed by atoms with Crippen LogP contribution in [0.2, 0.25) is 0 Å². The minimum atomic E-state index is -0.119. The van der Waals surface area contributed by atoms with Crippen LogP contribution in [0.5, 0.6) is 0 Å². The molecule has 8 nitrogen and oxygen atoms in total. The van der Waals surface area contributed by atoms with Crippen LogP contribution in [-0.4, -0.2) is 51.2 Å². The van der Waals surface area contributed by atoms with E-state index in [1.807, 2.05) is 41.2 Å². The monoisotopic (exact) mass is 458 g/mol. The van der Waals surface area contributed by atoms with Crippen LogP contribution in [0.25, 0.3) is 28.0 Å². The average molecular weight is 459 g/mol. The van der Waals surface area contributed by atoms with Crippen LogP contribution >= 0.6 is 0 Å². The van der Waals surface area contributed by atoms with Crippen molar-refractivity contribution in [2.75, 3.05) is 31.2 Å². The van der Waals surface area contributed by atoms with Gasteiger partial charge < -0.3 is 20.5 Å². The third kappa shape index (κ3) is 4.40. The van der Waals surface area contributed by atoms with Crippen molar-refractivity contribution in [3.05, 3.63) is 66.1 Å². The van der Waals surface area contributed by atoms with Crippen LogP contribution in [0.1, 0.15) is 37.2 Å². The van der Waals surface area contributed by atoms with Gasteiger partial charge in [-0.15, -0.1) is 0 Å². The number of aliphatic hydroxyl groups is 1. The zero-order chi connectivity index (χ0) is 23.5. The van der Waals surface area contributed by atoms with E-state index in [0.717, 1.165) is 59.5 Å². The van der Waals surface area contributed by atoms with E-state index < -0.39 is 0 Å². The largest absolute Gasteiger partial charge is 0.390 e. The number of pyridine rings is 2. The van der Waals surface area contributed by atoms with E-state index in [-0.39, 0.29) is 12.6 Å². The number of hydrogen-bond donors (Lipinski definition) is 2. The van der Waals surface area contributed by atoms with Gasteiger partial charge in [-0.05, 0) is 42.8 Å². The molecule has 34 heavy (non-hydrogen) atoms. The van der Waals surface area contributed by atoms with Crippen LogP contribution in [0.3, 0.4) is 0 Å². The molecule has 8 heteroatoms. The van der Waals surface area contributed by atoms with Crippen molar-refractivity contribution in [3.63, 3.8) is 0 Å². The summed E-state index contributed by atoms with van der Waals surface area (Å²) in [6, 6.07) is 15.8. The van der Waals surface area contributed by atoms with Gasteiger partial charge in [-0.2, -0.15) is 5.10 Å². The van der Waals surface area contributed by atoms with Gasteiger partial charge >= 0.3 is 0 Å². The van der Waals surface area contributed by atoms with Crippen molar-refractivity contribution in [2.45, 2.75) is 32.4 Å². The Morgan fingerprint density at radius 3 is 2.71 bits per heavy atom. The molecule has 1 aliphatic heterocycles. The Hall–Kier alpha value is -3.33. The molecule has 1 unspecified atom stereocenters. The Kier molecular flexibility index (Phi) is 6.53. The maximum atomic E-state index is 9.56. The van der Waals surface area contributed by atoms with Gasteiger partial charge in [-0.25, -0.2) is 9.67 Å². The predicted octanol–water partition coefficient (Wildman–Crippen LogP) is 3.61. The van der Waals surface area contributed by atoms with Crippen molar-refractivity contribution >= 4 is 16.6 Å². The Bertz CT molecular complexity index is 1280. The first-order valence-corrected chi connectivity index (χ1v) is 11.8. The Labute approximate surface area is 199 Å². The summed E-state index contributed by atoms with van der Waals surface area (Å²) in [7, 11) is 0. The Morgan fingerprint density at radius 2 is 1.91 bits per heavy atom. The normalized spacial score (nSPS) is 15.1. The lowest BCUT2D eigenvalue weighted by Gasteiger charge is -2.29. The van der Waals surface area contributed by atoms with E-state index in [1.54, 1.807) is 6.07 Å². The van der Waals surface area contributed by atoms with Gasteiger partial charge in [0.15, 0.2) is 5.82 Å². The molecule has 5 rings (SSSR count). The van der Waals surface area contributed by atoms with Crippen LogP contribution < -0.4 is 10.6 Å². The molecule has 4 heterocycles. The molecule has 1 fully saturated rings. The molecule has 3 aromatic heterocycles. The van der Waals surface area contributed by atoms with Crippen molar-refractivity contribution < 1.29 is 9.84 Å². The summed E-state index contributed by atoms with van der Waals surface area (Å²) in [5.41, 5.74) is 11.8. The summed E-state index contributed by atoms with van der Waals surface area (Å²) in [5, 5.41) is 15.3. The van der Waals surface area contributed by atoms with Gasteiger partial charge in [-0.1, -0.05) is 25.5 Å². The van der Waals surface area contributed by atoms with E-state index >= 15 is 0 Å². The maximum Gasteiger partial charge on any atom is 0.154 e. The first kappa shape index (κ1) is 22.5. The molecule has 1 saturated heterocycles. The average Bonchev–Trinajstić information content (AvgIpc) is 3.33. The highest BCUT2D eigenvalue weighted by atomic mass is 16.5. The first-order valence-electron chi connectivity index (χ1n) is 11.8. The van der Waals surface area contributed by atoms with E-state index in [0.29, 0.717) is 24.7 Å². The molecule has 4 aromatic rings.